The van der Waals surface area contributed by atoms with Crippen molar-refractivity contribution in [2.24, 2.45) is 0 Å². The first-order valence-corrected chi connectivity index (χ1v) is 31.4. The topological polar surface area (TPSA) is 36.4 Å². The molecule has 0 heterocycles. The second-order valence-corrected chi connectivity index (χ2v) is 29.2. The Kier molecular flexibility index (Phi) is 29.2. The second kappa shape index (κ2) is 31.2. The van der Waals surface area contributed by atoms with Crippen LogP contribution < -0.4 is 0 Å². The molecule has 2 aromatic rings. The molecule has 0 atom stereocenters. The number of benzene rings is 2. The van der Waals surface area contributed by atoms with Gasteiger partial charge in [0.05, 0.1) is 21.7 Å². The van der Waals surface area contributed by atoms with Crippen molar-refractivity contribution in [2.75, 3.05) is 0 Å². The van der Waals surface area contributed by atoms with E-state index in [0.717, 1.165) is 50.5 Å². The maximum absolute atomic E-state index is 10.2. The van der Waals surface area contributed by atoms with Crippen LogP contribution in [0.25, 0.3) is 11.1 Å². The van der Waals surface area contributed by atoms with Crippen molar-refractivity contribution >= 4 is 27.6 Å². The van der Waals surface area contributed by atoms with Gasteiger partial charge in [0.25, 0.3) is 0 Å². The van der Waals surface area contributed by atoms with Crippen LogP contribution in [0.4, 0.5) is 0 Å². The van der Waals surface area contributed by atoms with Gasteiger partial charge in [0.15, 0.2) is 0 Å². The first kappa shape index (κ1) is 53.3. The minimum absolute atomic E-state index is 0.915. The van der Waals surface area contributed by atoms with Crippen LogP contribution in [0.2, 0.25) is 48.1 Å². The SMILES string of the molecule is CCCCCCCCC(=C=[N+]=[N-])C(CCCC)=C(c1cc(CCCC)cc(CCCC)c1)c1cc(C[Si](CC)(CC)CC)cc(C[Si](CC)(CC)CC)c1.[CH3][Ni][CH3]. The van der Waals surface area contributed by atoms with Crippen LogP contribution in [0.1, 0.15) is 193 Å². The third kappa shape index (κ3) is 18.6. The van der Waals surface area contributed by atoms with Crippen LogP contribution in [-0.2, 0) is 39.4 Å². The molecule has 0 aliphatic carbocycles. The minimum atomic E-state index is -1.43. The molecule has 2 aromatic carbocycles. The summed E-state index contributed by atoms with van der Waals surface area (Å²) in [4.78, 5) is 3.67. The Morgan fingerprint density at radius 3 is 1.30 bits per heavy atom. The zero-order valence-electron chi connectivity index (χ0n) is 39.6. The zero-order valence-corrected chi connectivity index (χ0v) is 42.6. The van der Waals surface area contributed by atoms with Crippen molar-refractivity contribution in [1.29, 1.82) is 0 Å². The molecule has 0 fully saturated rings. The average Bonchev–Trinajstić information content (AvgIpc) is 3.23. The molecule has 2 rings (SSSR count). The first-order chi connectivity index (χ1) is 27.6. The van der Waals surface area contributed by atoms with Crippen molar-refractivity contribution in [3.05, 3.63) is 86.5 Å². The van der Waals surface area contributed by atoms with Gasteiger partial charge in [-0.05, 0) is 108 Å². The van der Waals surface area contributed by atoms with Crippen molar-refractivity contribution in [3.8, 4) is 0 Å². The van der Waals surface area contributed by atoms with Crippen LogP contribution in [-0.4, -0.2) is 26.8 Å². The summed E-state index contributed by atoms with van der Waals surface area (Å²) in [6, 6.07) is 26.1. The number of nitrogens with zero attached hydrogens (tertiary/aromatic N) is 2. The molecule has 0 spiro atoms. The molecule has 0 saturated carbocycles. The molecule has 0 bridgehead atoms. The molecule has 0 aliphatic rings. The molecule has 57 heavy (non-hydrogen) atoms. The zero-order chi connectivity index (χ0) is 42.5. The Hall–Kier alpha value is -1.73. The summed E-state index contributed by atoms with van der Waals surface area (Å²) in [6.07, 6.45) is 18.8. The summed E-state index contributed by atoms with van der Waals surface area (Å²) in [6.45, 7) is 24.0. The van der Waals surface area contributed by atoms with Crippen LogP contribution in [0, 0.1) is 0 Å². The van der Waals surface area contributed by atoms with Crippen molar-refractivity contribution in [1.82, 2.24) is 0 Å². The van der Waals surface area contributed by atoms with Crippen LogP contribution >= 0.6 is 0 Å². The molecule has 0 unspecified atom stereocenters. The third-order valence-electron chi connectivity index (χ3n) is 13.4. The van der Waals surface area contributed by atoms with Gasteiger partial charge in [-0.25, -0.2) is 0 Å². The van der Waals surface area contributed by atoms with Crippen LogP contribution in [0.5, 0.6) is 0 Å². The van der Waals surface area contributed by atoms with Crippen molar-refractivity contribution < 1.29 is 19.2 Å². The molecule has 0 aliphatic heterocycles. The molecule has 5 heteroatoms. The number of hydrogen-bond donors (Lipinski definition) is 0. The fraction of sp³-hybridized carbons (Fsp3) is 0.692. The summed E-state index contributed by atoms with van der Waals surface area (Å²) in [5.74, 6) is 7.35. The Labute approximate surface area is 363 Å². The summed E-state index contributed by atoms with van der Waals surface area (Å²) in [5, 5.41) is 0. The molecular weight excluding hydrogens is 767 g/mol. The summed E-state index contributed by atoms with van der Waals surface area (Å²) in [7, 11) is -2.87. The second-order valence-electron chi connectivity index (χ2n) is 17.2. The molecule has 326 valence electrons. The predicted octanol–water partition coefficient (Wildman–Crippen LogP) is 17.3. The van der Waals surface area contributed by atoms with Crippen LogP contribution in [0.3, 0.4) is 0 Å². The van der Waals surface area contributed by atoms with Gasteiger partial charge >= 0.3 is 32.1 Å². The van der Waals surface area contributed by atoms with E-state index in [1.807, 2.05) is 0 Å². The standard InChI is InChI=1S/C50H84N2Si2.2CH3.Ni/c1-11-21-25-26-27-28-31-46(39-52-51)49(32-24-14-4)50(47-35-42(29-22-12-2)33-43(36-47)30-23-13-3)48-37-44(40-53(15-5,16-6)17-7)34-45(38-48)41-54(18-8,19-9)20-10;;;/h33-38H,11-32,40-41H2,1-10H3;2*1H3;. The van der Waals surface area contributed by atoms with Gasteiger partial charge in [0.2, 0.25) is 0 Å². The molecule has 0 aromatic heterocycles. The van der Waals surface area contributed by atoms with E-state index >= 15 is 0 Å². The maximum atomic E-state index is 10.2. The van der Waals surface area contributed by atoms with E-state index in [1.54, 1.807) is 25.6 Å². The Bertz CT molecular complexity index is 1420. The van der Waals surface area contributed by atoms with E-state index < -0.39 is 16.1 Å². The number of hydrogen-bond acceptors (Lipinski definition) is 0. The van der Waals surface area contributed by atoms with Crippen molar-refractivity contribution in [3.63, 3.8) is 0 Å². The molecule has 0 radical (unpaired) electrons. The monoisotopic (exact) mass is 857 g/mol. The summed E-state index contributed by atoms with van der Waals surface area (Å²) in [5.41, 5.74) is 22.9. The van der Waals surface area contributed by atoms with E-state index in [1.165, 1.54) is 140 Å². The van der Waals surface area contributed by atoms with E-state index in [-0.39, 0.29) is 0 Å². The van der Waals surface area contributed by atoms with Gasteiger partial charge in [-0.2, -0.15) is 0 Å². The van der Waals surface area contributed by atoms with E-state index in [9.17, 15) is 5.53 Å². The van der Waals surface area contributed by atoms with E-state index in [4.69, 9.17) is 0 Å². The number of aryl methyl sites for hydroxylation is 2. The predicted molar refractivity (Wildman–Crippen MR) is 259 cm³/mol. The van der Waals surface area contributed by atoms with E-state index in [0.29, 0.717) is 0 Å². The summed E-state index contributed by atoms with van der Waals surface area (Å²) >= 11 is 1.62. The number of unbranched alkanes of at least 4 members (excludes halogenated alkanes) is 8. The van der Waals surface area contributed by atoms with E-state index in [2.05, 4.69) is 128 Å². The molecular formula is C52H90N2NiSi2. The fourth-order valence-corrected chi connectivity index (χ4v) is 15.5. The van der Waals surface area contributed by atoms with Gasteiger partial charge in [-0.3, -0.25) is 0 Å². The number of allylic oxidation sites excluding steroid dienone is 2. The normalized spacial score (nSPS) is 12.1. The molecule has 2 nitrogen and oxygen atoms in total. The first-order valence-electron chi connectivity index (χ1n) is 23.8. The Morgan fingerprint density at radius 1 is 0.509 bits per heavy atom. The Morgan fingerprint density at radius 2 is 0.895 bits per heavy atom. The fourth-order valence-electron chi connectivity index (χ4n) is 8.90. The average molecular weight is 858 g/mol. The number of rotatable bonds is 29. The van der Waals surface area contributed by atoms with Crippen LogP contribution in [0.15, 0.2) is 47.5 Å². The van der Waals surface area contributed by atoms with Gasteiger partial charge in [0, 0.05) is 0 Å². The van der Waals surface area contributed by atoms with Crippen molar-refractivity contribution in [2.45, 2.75) is 232 Å². The summed E-state index contributed by atoms with van der Waals surface area (Å²) < 4.78 is 0. The quantitative estimate of drug-likeness (QED) is 0.0195. The molecule has 0 amide bonds. The third-order valence-corrected chi connectivity index (χ3v) is 24.7. The van der Waals surface area contributed by atoms with Gasteiger partial charge < -0.3 is 5.53 Å². The molecule has 0 saturated heterocycles. The van der Waals surface area contributed by atoms with Gasteiger partial charge in [0.1, 0.15) is 0 Å². The molecule has 0 N–H and O–H groups in total. The van der Waals surface area contributed by atoms with Gasteiger partial charge in [-0.1, -0.05) is 193 Å². The van der Waals surface area contributed by atoms with Gasteiger partial charge in [-0.15, -0.1) is 4.79 Å². The Balaban J connectivity index is 0.00000524.